The first-order valence-electron chi connectivity index (χ1n) is 7.14. The Kier molecular flexibility index (Phi) is 3.83. The van der Waals surface area contributed by atoms with Crippen LogP contribution in [-0.4, -0.2) is 36.3 Å². The van der Waals surface area contributed by atoms with Crippen LogP contribution in [0, 0.1) is 0 Å². The van der Waals surface area contributed by atoms with Crippen molar-refractivity contribution in [1.29, 1.82) is 0 Å². The van der Waals surface area contributed by atoms with Gasteiger partial charge in [0.2, 0.25) is 0 Å². The van der Waals surface area contributed by atoms with Gasteiger partial charge in [0.05, 0.1) is 8.07 Å². The van der Waals surface area contributed by atoms with Gasteiger partial charge in [0.1, 0.15) is 0 Å². The summed E-state index contributed by atoms with van der Waals surface area (Å²) in [6, 6.07) is 11.3. The average Bonchev–Trinajstić information content (AvgIpc) is 2.34. The topological polar surface area (TPSA) is 6.48 Å². The first-order chi connectivity index (χ1) is 9.23. The first kappa shape index (κ1) is 14.9. The van der Waals surface area contributed by atoms with Gasteiger partial charge in [0.25, 0.3) is 0 Å². The molecule has 0 bridgehead atoms. The van der Waals surface area contributed by atoms with Gasteiger partial charge in [0, 0.05) is 45.0 Å². The molecule has 0 radical (unpaired) electrons. The molecule has 0 aliphatic carbocycles. The van der Waals surface area contributed by atoms with E-state index in [0.717, 1.165) is 0 Å². The Bertz CT molecular complexity index is 610. The minimum atomic E-state index is -1.35. The SMILES string of the molecule is CN(C)c1cccc2c([Si](C)(C)C)ccc(N(C)C)c12. The maximum atomic E-state index is 2.42. The second-order valence-electron chi connectivity index (χ2n) is 6.87. The lowest BCUT2D eigenvalue weighted by Gasteiger charge is -2.26. The summed E-state index contributed by atoms with van der Waals surface area (Å²) < 4.78 is 0. The number of hydrogen-bond donors (Lipinski definition) is 0. The zero-order valence-electron chi connectivity index (χ0n) is 13.8. The van der Waals surface area contributed by atoms with Crippen LogP contribution in [-0.2, 0) is 0 Å². The molecule has 0 saturated carbocycles. The Morgan fingerprint density at radius 2 is 1.30 bits per heavy atom. The molecule has 2 aromatic rings. The van der Waals surface area contributed by atoms with E-state index in [-0.39, 0.29) is 0 Å². The highest BCUT2D eigenvalue weighted by atomic mass is 28.3. The summed E-state index contributed by atoms with van der Waals surface area (Å²) in [6.45, 7) is 7.25. The molecule has 0 aromatic heterocycles. The summed E-state index contributed by atoms with van der Waals surface area (Å²) in [4.78, 5) is 4.42. The molecule has 0 heterocycles. The van der Waals surface area contributed by atoms with E-state index in [1.54, 1.807) is 5.19 Å². The van der Waals surface area contributed by atoms with Crippen molar-refractivity contribution in [1.82, 2.24) is 0 Å². The van der Waals surface area contributed by atoms with Crippen LogP contribution >= 0.6 is 0 Å². The summed E-state index contributed by atoms with van der Waals surface area (Å²) in [7, 11) is 7.13. The smallest absolute Gasteiger partial charge is 0.0784 e. The molecule has 2 nitrogen and oxygen atoms in total. The normalized spacial score (nSPS) is 11.8. The summed E-state index contributed by atoms with van der Waals surface area (Å²) >= 11 is 0. The largest absolute Gasteiger partial charge is 0.377 e. The molecule has 0 amide bonds. The highest BCUT2D eigenvalue weighted by Crippen LogP contribution is 2.33. The minimum absolute atomic E-state index is 1.30. The fourth-order valence-corrected chi connectivity index (χ4v) is 4.37. The molecule has 0 saturated heterocycles. The van der Waals surface area contributed by atoms with Crippen LogP contribution in [0.1, 0.15) is 0 Å². The maximum absolute atomic E-state index is 2.42. The lowest BCUT2D eigenvalue weighted by atomic mass is 10.1. The Labute approximate surface area is 124 Å². The molecule has 108 valence electrons. The molecule has 0 spiro atoms. The molecular formula is C17H26N2Si. The predicted molar refractivity (Wildman–Crippen MR) is 95.6 cm³/mol. The molecule has 2 aromatic carbocycles. The van der Waals surface area contributed by atoms with Gasteiger partial charge in [-0.05, 0) is 17.5 Å². The summed E-state index contributed by atoms with van der Waals surface area (Å²) in [5.74, 6) is 0. The van der Waals surface area contributed by atoms with Crippen molar-refractivity contribution in [2.75, 3.05) is 38.0 Å². The van der Waals surface area contributed by atoms with Crippen molar-refractivity contribution in [3.8, 4) is 0 Å². The number of fused-ring (bicyclic) bond motifs is 1. The predicted octanol–water partition coefficient (Wildman–Crippen LogP) is 3.52. The number of rotatable bonds is 3. The third kappa shape index (κ3) is 2.55. The van der Waals surface area contributed by atoms with Crippen LogP contribution in [0.25, 0.3) is 10.8 Å². The van der Waals surface area contributed by atoms with Gasteiger partial charge in [-0.2, -0.15) is 0 Å². The minimum Gasteiger partial charge on any atom is -0.377 e. The van der Waals surface area contributed by atoms with E-state index in [4.69, 9.17) is 0 Å². The van der Waals surface area contributed by atoms with Crippen molar-refractivity contribution in [3.63, 3.8) is 0 Å². The van der Waals surface area contributed by atoms with Crippen molar-refractivity contribution in [2.24, 2.45) is 0 Å². The van der Waals surface area contributed by atoms with Gasteiger partial charge in [-0.1, -0.05) is 43.0 Å². The molecule has 3 heteroatoms. The van der Waals surface area contributed by atoms with E-state index in [9.17, 15) is 0 Å². The van der Waals surface area contributed by atoms with Crippen LogP contribution in [0.5, 0.6) is 0 Å². The van der Waals surface area contributed by atoms with Crippen molar-refractivity contribution in [3.05, 3.63) is 30.3 Å². The molecule has 0 unspecified atom stereocenters. The van der Waals surface area contributed by atoms with Gasteiger partial charge >= 0.3 is 0 Å². The van der Waals surface area contributed by atoms with Gasteiger partial charge in [-0.25, -0.2) is 0 Å². The number of anilines is 2. The number of hydrogen-bond acceptors (Lipinski definition) is 2. The Morgan fingerprint density at radius 1 is 0.750 bits per heavy atom. The van der Waals surface area contributed by atoms with Crippen LogP contribution < -0.4 is 15.0 Å². The summed E-state index contributed by atoms with van der Waals surface area (Å²) in [6.07, 6.45) is 0. The monoisotopic (exact) mass is 286 g/mol. The number of benzene rings is 2. The maximum Gasteiger partial charge on any atom is 0.0784 e. The van der Waals surface area contributed by atoms with Crippen molar-refractivity contribution < 1.29 is 0 Å². The fraction of sp³-hybridized carbons (Fsp3) is 0.412. The lowest BCUT2D eigenvalue weighted by molar-refractivity contribution is 1.12. The second-order valence-corrected chi connectivity index (χ2v) is 11.9. The van der Waals surface area contributed by atoms with E-state index in [1.165, 1.54) is 22.1 Å². The molecule has 2 rings (SSSR count). The Hall–Kier alpha value is -1.48. The van der Waals surface area contributed by atoms with Gasteiger partial charge in [-0.3, -0.25) is 0 Å². The van der Waals surface area contributed by atoms with Gasteiger partial charge in [-0.15, -0.1) is 0 Å². The molecule has 0 aliphatic heterocycles. The molecule has 0 aliphatic rings. The fourth-order valence-electron chi connectivity index (χ4n) is 2.77. The lowest BCUT2D eigenvalue weighted by Crippen LogP contribution is -2.38. The van der Waals surface area contributed by atoms with E-state index >= 15 is 0 Å². The molecule has 0 atom stereocenters. The average molecular weight is 286 g/mol. The summed E-state index contributed by atoms with van der Waals surface area (Å²) in [5, 5.41) is 4.34. The first-order valence-corrected chi connectivity index (χ1v) is 10.6. The van der Waals surface area contributed by atoms with Gasteiger partial charge in [0.15, 0.2) is 0 Å². The van der Waals surface area contributed by atoms with Gasteiger partial charge < -0.3 is 9.80 Å². The van der Waals surface area contributed by atoms with E-state index in [1.807, 2.05) is 0 Å². The molecule has 20 heavy (non-hydrogen) atoms. The highest BCUT2D eigenvalue weighted by Gasteiger charge is 2.21. The van der Waals surface area contributed by atoms with Crippen LogP contribution in [0.3, 0.4) is 0 Å². The standard InChI is InChI=1S/C17H26N2Si/c1-18(2)14-10-8-9-13-16(20(5,6)7)12-11-15(17(13)14)19(3)4/h8-12H,1-7H3. The highest BCUT2D eigenvalue weighted by molar-refractivity contribution is 6.90. The second kappa shape index (κ2) is 5.13. The zero-order valence-corrected chi connectivity index (χ0v) is 14.8. The number of nitrogens with zero attached hydrogens (tertiary/aromatic N) is 2. The molecule has 0 N–H and O–H groups in total. The third-order valence-corrected chi connectivity index (χ3v) is 5.82. The molecule has 0 fully saturated rings. The Balaban J connectivity index is 2.92. The quantitative estimate of drug-likeness (QED) is 0.797. The van der Waals surface area contributed by atoms with Crippen LogP contribution in [0.15, 0.2) is 30.3 Å². The zero-order chi connectivity index (χ0) is 15.1. The van der Waals surface area contributed by atoms with E-state index in [2.05, 4.69) is 88.0 Å². The van der Waals surface area contributed by atoms with Crippen LogP contribution in [0.2, 0.25) is 19.6 Å². The Morgan fingerprint density at radius 3 is 1.80 bits per heavy atom. The summed E-state index contributed by atoms with van der Waals surface area (Å²) in [5.41, 5.74) is 2.60. The van der Waals surface area contributed by atoms with E-state index in [0.29, 0.717) is 0 Å². The van der Waals surface area contributed by atoms with Crippen molar-refractivity contribution >= 4 is 35.4 Å². The molecular weight excluding hydrogens is 260 g/mol. The van der Waals surface area contributed by atoms with Crippen LogP contribution in [0.4, 0.5) is 11.4 Å². The third-order valence-electron chi connectivity index (χ3n) is 3.77. The van der Waals surface area contributed by atoms with E-state index < -0.39 is 8.07 Å². The van der Waals surface area contributed by atoms with Crippen molar-refractivity contribution in [2.45, 2.75) is 19.6 Å².